The molecule has 1 N–H and O–H groups in total. The summed E-state index contributed by atoms with van der Waals surface area (Å²) in [5.74, 6) is 0.0455. The van der Waals surface area contributed by atoms with E-state index in [4.69, 9.17) is 14.2 Å². The van der Waals surface area contributed by atoms with Gasteiger partial charge in [-0.1, -0.05) is 52.3 Å². The molecule has 0 spiro atoms. The summed E-state index contributed by atoms with van der Waals surface area (Å²) in [5.41, 5.74) is 1.73. The molecular weight excluding hydrogens is 444 g/mol. The van der Waals surface area contributed by atoms with Crippen molar-refractivity contribution in [2.24, 2.45) is 0 Å². The number of carbonyl (C=O) groups excluding carboxylic acids is 2. The van der Waals surface area contributed by atoms with Crippen molar-refractivity contribution in [2.45, 2.75) is 59.0 Å². The van der Waals surface area contributed by atoms with Crippen LogP contribution in [0.25, 0.3) is 6.08 Å². The van der Waals surface area contributed by atoms with E-state index < -0.39 is 18.0 Å². The molecule has 0 aliphatic carbocycles. The maximum Gasteiger partial charge on any atom is 0.352 e. The lowest BCUT2D eigenvalue weighted by atomic mass is 9.87. The molecule has 35 heavy (non-hydrogen) atoms. The Labute approximate surface area is 207 Å². The summed E-state index contributed by atoms with van der Waals surface area (Å²) >= 11 is 0. The Morgan fingerprint density at radius 1 is 1.11 bits per heavy atom. The number of ether oxygens (including phenoxy) is 3. The van der Waals surface area contributed by atoms with Crippen LogP contribution in [0.5, 0.6) is 17.2 Å². The number of hydrogen-bond donors (Lipinski definition) is 1. The number of unbranched alkanes of at least 4 members (excludes halogenated alkanes) is 1. The van der Waals surface area contributed by atoms with Gasteiger partial charge in [-0.3, -0.25) is 4.79 Å². The third-order valence-electron chi connectivity index (χ3n) is 5.26. The number of hydrogen-bond acceptors (Lipinski definition) is 6. The highest BCUT2D eigenvalue weighted by molar-refractivity contribution is 6.01. The molecule has 1 unspecified atom stereocenters. The molecule has 1 amide bonds. The van der Waals surface area contributed by atoms with Crippen molar-refractivity contribution >= 4 is 18.0 Å². The van der Waals surface area contributed by atoms with Crippen molar-refractivity contribution in [3.63, 3.8) is 0 Å². The second kappa shape index (κ2) is 12.6. The summed E-state index contributed by atoms with van der Waals surface area (Å²) in [4.78, 5) is 24.8. The minimum atomic E-state index is -0.850. The van der Waals surface area contributed by atoms with Gasteiger partial charge in [0.05, 0.1) is 7.11 Å². The number of nitrogens with zero attached hydrogens (tertiary/aromatic N) is 1. The summed E-state index contributed by atoms with van der Waals surface area (Å²) < 4.78 is 16.6. The summed E-state index contributed by atoms with van der Waals surface area (Å²) in [6.07, 6.45) is 2.39. The van der Waals surface area contributed by atoms with E-state index in [2.05, 4.69) is 26.1 Å². The molecular formula is C28H34N2O5. The van der Waals surface area contributed by atoms with E-state index in [0.717, 1.165) is 18.4 Å². The van der Waals surface area contributed by atoms with E-state index in [0.29, 0.717) is 17.9 Å². The highest BCUT2D eigenvalue weighted by atomic mass is 16.6. The van der Waals surface area contributed by atoms with E-state index in [1.165, 1.54) is 13.2 Å². The van der Waals surface area contributed by atoms with Crippen LogP contribution in [0.1, 0.15) is 58.6 Å². The summed E-state index contributed by atoms with van der Waals surface area (Å²) in [7, 11) is 1.44. The summed E-state index contributed by atoms with van der Waals surface area (Å²) in [6.45, 7) is 10.5. The van der Waals surface area contributed by atoms with Gasteiger partial charge in [-0.2, -0.15) is 5.26 Å². The first-order valence-corrected chi connectivity index (χ1v) is 11.7. The van der Waals surface area contributed by atoms with Crippen molar-refractivity contribution in [1.82, 2.24) is 5.32 Å². The third-order valence-corrected chi connectivity index (χ3v) is 5.26. The van der Waals surface area contributed by atoms with Crippen LogP contribution in [-0.2, 0) is 15.0 Å². The van der Waals surface area contributed by atoms with Crippen molar-refractivity contribution in [2.75, 3.05) is 13.7 Å². The van der Waals surface area contributed by atoms with Crippen LogP contribution in [0.4, 0.5) is 0 Å². The molecule has 0 aliphatic rings. The topological polar surface area (TPSA) is 97.7 Å². The fourth-order valence-corrected chi connectivity index (χ4v) is 3.12. The van der Waals surface area contributed by atoms with Crippen molar-refractivity contribution in [3.8, 4) is 23.3 Å². The fourth-order valence-electron chi connectivity index (χ4n) is 3.12. The maximum absolute atomic E-state index is 12.6. The van der Waals surface area contributed by atoms with E-state index in [-0.39, 0.29) is 22.5 Å². The molecule has 2 rings (SSSR count). The predicted octanol–water partition coefficient (Wildman–Crippen LogP) is 5.19. The Bertz CT molecular complexity index is 1090. The molecule has 0 bridgehead atoms. The number of amides is 1. The predicted molar refractivity (Wildman–Crippen MR) is 135 cm³/mol. The van der Waals surface area contributed by atoms with Crippen LogP contribution >= 0.6 is 0 Å². The van der Waals surface area contributed by atoms with E-state index in [1.54, 1.807) is 25.1 Å². The van der Waals surface area contributed by atoms with Gasteiger partial charge >= 0.3 is 5.97 Å². The van der Waals surface area contributed by atoms with Gasteiger partial charge in [0, 0.05) is 6.54 Å². The van der Waals surface area contributed by atoms with E-state index >= 15 is 0 Å². The van der Waals surface area contributed by atoms with Crippen LogP contribution in [0, 0.1) is 11.3 Å². The quantitative estimate of drug-likeness (QED) is 0.166. The lowest BCUT2D eigenvalue weighted by Gasteiger charge is -2.20. The molecule has 0 saturated heterocycles. The first-order valence-electron chi connectivity index (χ1n) is 11.7. The molecule has 1 atom stereocenters. The smallest absolute Gasteiger partial charge is 0.352 e. The van der Waals surface area contributed by atoms with Gasteiger partial charge in [0.25, 0.3) is 5.91 Å². The molecule has 186 valence electrons. The van der Waals surface area contributed by atoms with Gasteiger partial charge in [-0.25, -0.2) is 4.79 Å². The van der Waals surface area contributed by atoms with Gasteiger partial charge in [-0.05, 0) is 60.2 Å². The molecule has 0 heterocycles. The van der Waals surface area contributed by atoms with Crippen LogP contribution in [0.2, 0.25) is 0 Å². The number of benzene rings is 2. The molecule has 0 radical (unpaired) electrons. The monoisotopic (exact) mass is 478 g/mol. The minimum Gasteiger partial charge on any atom is -0.493 e. The van der Waals surface area contributed by atoms with Gasteiger partial charge in [0.1, 0.15) is 17.4 Å². The Hall–Kier alpha value is -3.79. The lowest BCUT2D eigenvalue weighted by Crippen LogP contribution is -2.28. The Morgan fingerprint density at radius 2 is 1.80 bits per heavy atom. The molecule has 2 aromatic rings. The zero-order valence-corrected chi connectivity index (χ0v) is 21.3. The second-order valence-electron chi connectivity index (χ2n) is 9.15. The molecule has 0 fully saturated rings. The van der Waals surface area contributed by atoms with Gasteiger partial charge in [0.2, 0.25) is 0 Å². The van der Waals surface area contributed by atoms with Crippen LogP contribution < -0.4 is 19.5 Å². The molecule has 7 heteroatoms. The normalized spacial score (nSPS) is 12.3. The number of methoxy groups -OCH3 is 1. The Morgan fingerprint density at radius 3 is 2.37 bits per heavy atom. The zero-order valence-electron chi connectivity index (χ0n) is 21.3. The average molecular weight is 479 g/mol. The lowest BCUT2D eigenvalue weighted by molar-refractivity contribution is -0.141. The van der Waals surface area contributed by atoms with E-state index in [9.17, 15) is 14.9 Å². The van der Waals surface area contributed by atoms with Crippen molar-refractivity contribution in [1.29, 1.82) is 5.26 Å². The van der Waals surface area contributed by atoms with Crippen LogP contribution in [0.3, 0.4) is 0 Å². The standard InChI is InChI=1S/C28H34N2O5/c1-7-8-15-30-26(31)21(18-29)16-20-9-14-24(25(17-20)33-6)35-27(32)19(2)34-23-12-10-22(11-13-23)28(3,4)5/h9-14,16-17,19H,7-8,15H2,1-6H3,(H,30,31)/b21-16+. The summed E-state index contributed by atoms with van der Waals surface area (Å²) in [6, 6.07) is 14.3. The average Bonchev–Trinajstić information content (AvgIpc) is 2.82. The molecule has 0 aliphatic heterocycles. The van der Waals surface area contributed by atoms with Crippen molar-refractivity contribution < 1.29 is 23.8 Å². The van der Waals surface area contributed by atoms with Gasteiger partial charge in [0.15, 0.2) is 17.6 Å². The number of esters is 1. The first kappa shape index (κ1) is 27.5. The second-order valence-corrected chi connectivity index (χ2v) is 9.15. The maximum atomic E-state index is 12.6. The van der Waals surface area contributed by atoms with E-state index in [1.807, 2.05) is 37.3 Å². The number of nitrogens with one attached hydrogen (secondary N) is 1. The van der Waals surface area contributed by atoms with Crippen LogP contribution in [0.15, 0.2) is 48.0 Å². The zero-order chi connectivity index (χ0) is 26.0. The van der Waals surface area contributed by atoms with Gasteiger partial charge < -0.3 is 19.5 Å². The number of nitriles is 1. The highest BCUT2D eigenvalue weighted by Crippen LogP contribution is 2.30. The minimum absolute atomic E-state index is 0.0209. The van der Waals surface area contributed by atoms with Crippen molar-refractivity contribution in [3.05, 3.63) is 59.2 Å². The molecule has 2 aromatic carbocycles. The SMILES string of the molecule is CCCCNC(=O)/C(C#N)=C/c1ccc(OC(=O)C(C)Oc2ccc(C(C)(C)C)cc2)c(OC)c1. The molecule has 7 nitrogen and oxygen atoms in total. The number of rotatable bonds is 10. The molecule has 0 aromatic heterocycles. The Balaban J connectivity index is 2.09. The Kier molecular flexibility index (Phi) is 9.89. The highest BCUT2D eigenvalue weighted by Gasteiger charge is 2.20. The summed E-state index contributed by atoms with van der Waals surface area (Å²) in [5, 5.41) is 12.1. The van der Waals surface area contributed by atoms with Gasteiger partial charge in [-0.15, -0.1) is 0 Å². The number of carbonyl (C=O) groups is 2. The fraction of sp³-hybridized carbons (Fsp3) is 0.393. The molecule has 0 saturated carbocycles. The first-order chi connectivity index (χ1) is 16.6. The largest absolute Gasteiger partial charge is 0.493 e. The van der Waals surface area contributed by atoms with Crippen LogP contribution in [-0.4, -0.2) is 31.6 Å². The third kappa shape index (κ3) is 8.18.